The first-order valence-corrected chi connectivity index (χ1v) is 6.91. The highest BCUT2D eigenvalue weighted by molar-refractivity contribution is 5.61. The molecular weight excluding hydrogens is 224 g/mol. The van der Waals surface area contributed by atoms with Gasteiger partial charge < -0.3 is 15.0 Å². The lowest BCUT2D eigenvalue weighted by Crippen LogP contribution is -2.23. The van der Waals surface area contributed by atoms with Gasteiger partial charge in [0.25, 0.3) is 0 Å². The van der Waals surface area contributed by atoms with Crippen LogP contribution in [0.15, 0.2) is 18.2 Å². The van der Waals surface area contributed by atoms with Crippen LogP contribution in [0.1, 0.15) is 18.9 Å². The van der Waals surface area contributed by atoms with Crippen molar-refractivity contribution in [3.8, 4) is 5.75 Å². The first-order chi connectivity index (χ1) is 8.74. The zero-order valence-corrected chi connectivity index (χ0v) is 11.3. The molecule has 0 aromatic heterocycles. The summed E-state index contributed by atoms with van der Waals surface area (Å²) < 4.78 is 5.81. The van der Waals surface area contributed by atoms with Crippen LogP contribution in [0.5, 0.6) is 5.75 Å². The maximum absolute atomic E-state index is 5.81. The van der Waals surface area contributed by atoms with E-state index in [4.69, 9.17) is 4.74 Å². The summed E-state index contributed by atoms with van der Waals surface area (Å²) in [7, 11) is 2.21. The number of para-hydroxylation sites is 1. The minimum absolute atomic E-state index is 0.771. The minimum Gasteiger partial charge on any atom is -0.489 e. The van der Waals surface area contributed by atoms with Gasteiger partial charge in [0.1, 0.15) is 12.4 Å². The Morgan fingerprint density at radius 1 is 1.44 bits per heavy atom. The lowest BCUT2D eigenvalue weighted by Gasteiger charge is -2.24. The van der Waals surface area contributed by atoms with Crippen LogP contribution in [0.25, 0.3) is 0 Å². The lowest BCUT2D eigenvalue weighted by atomic mass is 10.1. The minimum atomic E-state index is 0.771. The summed E-state index contributed by atoms with van der Waals surface area (Å²) in [5.41, 5.74) is 2.45. The molecule has 0 saturated heterocycles. The molecule has 3 heteroatoms. The number of anilines is 1. The van der Waals surface area contributed by atoms with Crippen LogP contribution >= 0.6 is 0 Å². The van der Waals surface area contributed by atoms with Crippen LogP contribution < -0.4 is 10.1 Å². The summed E-state index contributed by atoms with van der Waals surface area (Å²) in [4.78, 5) is 2.42. The smallest absolute Gasteiger partial charge is 0.146 e. The molecular formula is C15H22N2O. The molecule has 2 atom stereocenters. The molecule has 1 aliphatic heterocycles. The number of benzene rings is 1. The fourth-order valence-electron chi connectivity index (χ4n) is 2.77. The first kappa shape index (κ1) is 11.8. The van der Waals surface area contributed by atoms with E-state index >= 15 is 0 Å². The van der Waals surface area contributed by atoms with Gasteiger partial charge in [-0.1, -0.05) is 19.1 Å². The molecule has 2 aliphatic rings. The summed E-state index contributed by atoms with van der Waals surface area (Å²) in [6.07, 6.45) is 1.40. The van der Waals surface area contributed by atoms with Gasteiger partial charge in [0.2, 0.25) is 0 Å². The molecule has 18 heavy (non-hydrogen) atoms. The Bertz CT molecular complexity index is 433. The van der Waals surface area contributed by atoms with Crippen molar-refractivity contribution < 1.29 is 4.74 Å². The van der Waals surface area contributed by atoms with Crippen LogP contribution in [0.2, 0.25) is 0 Å². The van der Waals surface area contributed by atoms with Gasteiger partial charge in [0.15, 0.2) is 0 Å². The van der Waals surface area contributed by atoms with Crippen LogP contribution in [0.4, 0.5) is 5.69 Å². The Morgan fingerprint density at radius 2 is 2.28 bits per heavy atom. The highest BCUT2D eigenvalue weighted by atomic mass is 16.5. The number of nitrogens with one attached hydrogen (secondary N) is 1. The predicted molar refractivity (Wildman–Crippen MR) is 74.0 cm³/mol. The van der Waals surface area contributed by atoms with Crippen molar-refractivity contribution in [3.05, 3.63) is 23.8 Å². The third-order valence-electron chi connectivity index (χ3n) is 4.02. The molecule has 3 rings (SSSR count). The summed E-state index contributed by atoms with van der Waals surface area (Å²) in [6.45, 7) is 6.21. The van der Waals surface area contributed by atoms with E-state index in [9.17, 15) is 0 Å². The molecule has 1 saturated carbocycles. The Morgan fingerprint density at radius 3 is 3.06 bits per heavy atom. The molecule has 0 spiro atoms. The lowest BCUT2D eigenvalue weighted by molar-refractivity contribution is 0.286. The monoisotopic (exact) mass is 246 g/mol. The second kappa shape index (κ2) is 4.81. The predicted octanol–water partition coefficient (Wildman–Crippen LogP) is 2.58. The molecule has 2 unspecified atom stereocenters. The number of nitrogens with zero attached hydrogens (tertiary/aromatic N) is 1. The zero-order valence-electron chi connectivity index (χ0n) is 11.3. The number of fused-ring (bicyclic) bond motifs is 1. The van der Waals surface area contributed by atoms with Crippen LogP contribution in [-0.4, -0.2) is 31.6 Å². The summed E-state index contributed by atoms with van der Waals surface area (Å²) >= 11 is 0. The number of ether oxygens (including phenoxy) is 1. The van der Waals surface area contributed by atoms with Crippen molar-refractivity contribution in [3.63, 3.8) is 0 Å². The summed E-state index contributed by atoms with van der Waals surface area (Å²) in [5.74, 6) is 2.89. The number of hydrogen-bond donors (Lipinski definition) is 1. The van der Waals surface area contributed by atoms with Crippen molar-refractivity contribution in [1.29, 1.82) is 0 Å². The highest BCUT2D eigenvalue weighted by Gasteiger charge is 2.33. The average Bonchev–Trinajstić information content (AvgIpc) is 3.05. The Labute approximate surface area is 109 Å². The quantitative estimate of drug-likeness (QED) is 0.883. The van der Waals surface area contributed by atoms with Gasteiger partial charge in [-0.15, -0.1) is 0 Å². The highest BCUT2D eigenvalue weighted by Crippen LogP contribution is 2.38. The molecule has 1 fully saturated rings. The molecule has 1 aromatic carbocycles. The Hall–Kier alpha value is -1.22. The molecule has 1 aliphatic carbocycles. The third-order valence-corrected chi connectivity index (χ3v) is 4.02. The van der Waals surface area contributed by atoms with Gasteiger partial charge in [0.05, 0.1) is 5.69 Å². The molecule has 0 amide bonds. The molecule has 1 aromatic rings. The topological polar surface area (TPSA) is 24.5 Å². The molecule has 98 valence electrons. The van der Waals surface area contributed by atoms with Gasteiger partial charge in [-0.2, -0.15) is 0 Å². The zero-order chi connectivity index (χ0) is 12.5. The second-order valence-corrected chi connectivity index (χ2v) is 5.74. The second-order valence-electron chi connectivity index (χ2n) is 5.74. The van der Waals surface area contributed by atoms with Crippen LogP contribution in [0, 0.1) is 11.8 Å². The standard InChI is InChI=1S/C15H22N2O/c1-11-8-13(11)10-17(2)9-12-4-3-5-14-15(12)18-7-6-16-14/h3-5,11,13,16H,6-10H2,1-2H3. The molecule has 0 bridgehead atoms. The fraction of sp³-hybridized carbons (Fsp3) is 0.600. The normalized spacial score (nSPS) is 25.3. The van der Waals surface area contributed by atoms with Crippen LogP contribution in [0.3, 0.4) is 0 Å². The van der Waals surface area contributed by atoms with Crippen LogP contribution in [-0.2, 0) is 6.54 Å². The van der Waals surface area contributed by atoms with E-state index in [2.05, 4.69) is 42.4 Å². The Kier molecular flexibility index (Phi) is 3.16. The van der Waals surface area contributed by atoms with Crippen molar-refractivity contribution in [1.82, 2.24) is 4.90 Å². The van der Waals surface area contributed by atoms with E-state index in [1.165, 1.54) is 18.5 Å². The van der Waals surface area contributed by atoms with Gasteiger partial charge in [-0.05, 0) is 31.4 Å². The largest absolute Gasteiger partial charge is 0.489 e. The molecule has 1 heterocycles. The SMILES string of the molecule is CC1CC1CN(C)Cc1cccc2c1OCCN2. The summed E-state index contributed by atoms with van der Waals surface area (Å²) in [6, 6.07) is 6.39. The van der Waals surface area contributed by atoms with E-state index in [-0.39, 0.29) is 0 Å². The number of rotatable bonds is 4. The van der Waals surface area contributed by atoms with E-state index in [1.54, 1.807) is 0 Å². The number of hydrogen-bond acceptors (Lipinski definition) is 3. The van der Waals surface area contributed by atoms with Gasteiger partial charge in [-0.25, -0.2) is 0 Å². The maximum Gasteiger partial charge on any atom is 0.146 e. The van der Waals surface area contributed by atoms with E-state index < -0.39 is 0 Å². The van der Waals surface area contributed by atoms with Gasteiger partial charge in [0, 0.05) is 25.2 Å². The van der Waals surface area contributed by atoms with Crippen molar-refractivity contribution in [2.45, 2.75) is 19.9 Å². The Balaban J connectivity index is 1.68. The van der Waals surface area contributed by atoms with Crippen molar-refractivity contribution in [2.24, 2.45) is 11.8 Å². The van der Waals surface area contributed by atoms with E-state index in [0.29, 0.717) is 0 Å². The first-order valence-electron chi connectivity index (χ1n) is 6.91. The molecule has 0 radical (unpaired) electrons. The third kappa shape index (κ3) is 2.46. The summed E-state index contributed by atoms with van der Waals surface area (Å²) in [5, 5.41) is 3.39. The molecule has 1 N–H and O–H groups in total. The fourth-order valence-corrected chi connectivity index (χ4v) is 2.77. The maximum atomic E-state index is 5.81. The van der Waals surface area contributed by atoms with Crippen molar-refractivity contribution >= 4 is 5.69 Å². The van der Waals surface area contributed by atoms with E-state index in [0.717, 1.165) is 43.0 Å². The van der Waals surface area contributed by atoms with Crippen molar-refractivity contribution in [2.75, 3.05) is 32.1 Å². The van der Waals surface area contributed by atoms with Gasteiger partial charge >= 0.3 is 0 Å². The van der Waals surface area contributed by atoms with Gasteiger partial charge in [-0.3, -0.25) is 0 Å². The average molecular weight is 246 g/mol. The van der Waals surface area contributed by atoms with E-state index in [1.807, 2.05) is 0 Å². The molecule has 3 nitrogen and oxygen atoms in total.